The Kier molecular flexibility index (Phi) is 9.18. The lowest BCUT2D eigenvalue weighted by molar-refractivity contribution is 0.558. The van der Waals surface area contributed by atoms with Crippen molar-refractivity contribution in [1.29, 1.82) is 0 Å². The largest absolute Gasteiger partial charge is 0.384 e. The third-order valence-electron chi connectivity index (χ3n) is 0.634. The molecule has 0 saturated heterocycles. The van der Waals surface area contributed by atoms with Crippen molar-refractivity contribution in [3.05, 3.63) is 18.4 Å². The molecule has 0 aliphatic rings. The highest BCUT2D eigenvalue weighted by atomic mass is 32.2. The van der Waals surface area contributed by atoms with Crippen LogP contribution in [0.1, 0.15) is 13.8 Å². The van der Waals surface area contributed by atoms with E-state index in [2.05, 4.69) is 26.6 Å². The molecule has 0 fully saturated rings. The maximum atomic E-state index is 9.19. The molecule has 0 saturated carbocycles. The Morgan fingerprint density at radius 2 is 1.75 bits per heavy atom. The van der Waals surface area contributed by atoms with Crippen molar-refractivity contribution in [1.82, 2.24) is 4.90 Å². The molecular formula is C8H15NO2S. The van der Waals surface area contributed by atoms with Gasteiger partial charge in [-0.3, -0.25) is 0 Å². The van der Waals surface area contributed by atoms with E-state index in [9.17, 15) is 8.42 Å². The van der Waals surface area contributed by atoms with Crippen molar-refractivity contribution >= 4 is 15.3 Å². The molecule has 0 rings (SSSR count). The maximum absolute atomic E-state index is 9.19. The molecule has 4 heteroatoms. The highest BCUT2D eigenvalue weighted by molar-refractivity contribution is 7.70. The third-order valence-corrected chi connectivity index (χ3v) is 0.870. The van der Waals surface area contributed by atoms with E-state index in [4.69, 9.17) is 0 Å². The lowest BCUT2D eigenvalue weighted by atomic mass is 10.4. The monoisotopic (exact) mass is 189 g/mol. The van der Waals surface area contributed by atoms with Gasteiger partial charge in [0.15, 0.2) is 0 Å². The van der Waals surface area contributed by atoms with E-state index < -0.39 is 10.3 Å². The minimum absolute atomic E-state index is 1.34. The van der Waals surface area contributed by atoms with E-state index in [1.807, 2.05) is 19.0 Å². The molecule has 70 valence electrons. The van der Waals surface area contributed by atoms with Crippen molar-refractivity contribution in [2.45, 2.75) is 13.8 Å². The zero-order valence-corrected chi connectivity index (χ0v) is 8.77. The van der Waals surface area contributed by atoms with Gasteiger partial charge in [-0.1, -0.05) is 5.57 Å². The fourth-order valence-corrected chi connectivity index (χ4v) is 0.516. The number of hydrogen-bond acceptors (Lipinski definition) is 3. The maximum Gasteiger partial charge on any atom is 0.259 e. The summed E-state index contributed by atoms with van der Waals surface area (Å²) in [5, 5.41) is 1.69. The van der Waals surface area contributed by atoms with Gasteiger partial charge in [-0.05, 0) is 26.6 Å². The number of rotatable bonds is 1. The number of allylic oxidation sites excluding steroid dienone is 1. The van der Waals surface area contributed by atoms with Crippen molar-refractivity contribution in [2.75, 3.05) is 14.1 Å². The van der Waals surface area contributed by atoms with E-state index in [-0.39, 0.29) is 0 Å². The van der Waals surface area contributed by atoms with Crippen LogP contribution in [0.5, 0.6) is 0 Å². The summed E-state index contributed by atoms with van der Waals surface area (Å²) in [5.74, 6) is 0. The summed E-state index contributed by atoms with van der Waals surface area (Å²) in [6.07, 6.45) is 2.08. The van der Waals surface area contributed by atoms with E-state index in [1.54, 1.807) is 5.02 Å². The lowest BCUT2D eigenvalue weighted by Gasteiger charge is -2.03. The first kappa shape index (κ1) is 13.6. The first-order valence-electron chi connectivity index (χ1n) is 3.33. The highest BCUT2D eigenvalue weighted by Gasteiger charge is 1.75. The van der Waals surface area contributed by atoms with Crippen LogP contribution in [0, 0.1) is 0 Å². The van der Waals surface area contributed by atoms with E-state index in [1.165, 1.54) is 5.57 Å². The lowest BCUT2D eigenvalue weighted by Crippen LogP contribution is -2.00. The average Bonchev–Trinajstić information content (AvgIpc) is 1.85. The van der Waals surface area contributed by atoms with Gasteiger partial charge in [0, 0.05) is 19.1 Å². The second-order valence-corrected chi connectivity index (χ2v) is 3.31. The molecule has 0 heterocycles. The van der Waals surface area contributed by atoms with Crippen molar-refractivity contribution < 1.29 is 8.42 Å². The van der Waals surface area contributed by atoms with Gasteiger partial charge in [0.25, 0.3) is 10.3 Å². The van der Waals surface area contributed by atoms with E-state index in [0.29, 0.717) is 0 Å². The Morgan fingerprint density at radius 1 is 1.42 bits per heavy atom. The second-order valence-electron chi connectivity index (χ2n) is 2.55. The summed E-state index contributed by atoms with van der Waals surface area (Å²) in [7, 11) is 1.86. The summed E-state index contributed by atoms with van der Waals surface area (Å²) in [5.41, 5.74) is 1.34. The van der Waals surface area contributed by atoms with Gasteiger partial charge in [-0.25, -0.2) is 0 Å². The van der Waals surface area contributed by atoms with Crippen molar-refractivity contribution in [3.8, 4) is 0 Å². The molecule has 12 heavy (non-hydrogen) atoms. The van der Waals surface area contributed by atoms with Crippen LogP contribution in [0.2, 0.25) is 0 Å². The summed E-state index contributed by atoms with van der Waals surface area (Å²) in [6.45, 7) is 6.99. The van der Waals surface area contributed by atoms with Gasteiger partial charge in [0.05, 0.1) is 0 Å². The minimum Gasteiger partial charge on any atom is -0.384 e. The van der Waals surface area contributed by atoms with Crippen LogP contribution < -0.4 is 0 Å². The molecule has 0 aliphatic carbocycles. The van der Waals surface area contributed by atoms with Crippen LogP contribution in [0.4, 0.5) is 0 Å². The molecule has 0 amide bonds. The number of hydrogen-bond donors (Lipinski definition) is 0. The smallest absolute Gasteiger partial charge is 0.259 e. The summed E-state index contributed by atoms with van der Waals surface area (Å²) < 4.78 is 18.4. The fraction of sp³-hybridized carbons (Fsp3) is 0.500. The molecule has 0 aliphatic heterocycles. The molecule has 0 bridgehead atoms. The zero-order chi connectivity index (χ0) is 10.1. The van der Waals surface area contributed by atoms with Gasteiger partial charge >= 0.3 is 0 Å². The summed E-state index contributed by atoms with van der Waals surface area (Å²) in [6, 6.07) is 0. The van der Waals surface area contributed by atoms with Gasteiger partial charge in [0.2, 0.25) is 0 Å². The quantitative estimate of drug-likeness (QED) is 0.576. The predicted octanol–water partition coefficient (Wildman–Crippen LogP) is 0.924. The van der Waals surface area contributed by atoms with E-state index >= 15 is 0 Å². The van der Waals surface area contributed by atoms with Crippen LogP contribution in [-0.2, 0) is 10.3 Å². The summed E-state index contributed by atoms with van der Waals surface area (Å²) >= 11 is 0. The average molecular weight is 189 g/mol. The van der Waals surface area contributed by atoms with Gasteiger partial charge in [-0.2, -0.15) is 8.42 Å². The zero-order valence-electron chi connectivity index (χ0n) is 7.96. The standard InChI is InChI=1S/C6H13N.C2H2O2S/c1-6(2)5-7(3)4;1-2-5(3)4/h5H,1-4H3;1H2. The Morgan fingerprint density at radius 3 is 1.75 bits per heavy atom. The first-order chi connectivity index (χ1) is 5.40. The third kappa shape index (κ3) is 23.0. The molecule has 0 N–H and O–H groups in total. The molecule has 0 radical (unpaired) electrons. The number of nitrogens with zero attached hydrogens (tertiary/aromatic N) is 1. The molecule has 0 aromatic carbocycles. The van der Waals surface area contributed by atoms with Crippen molar-refractivity contribution in [3.63, 3.8) is 0 Å². The predicted molar refractivity (Wildman–Crippen MR) is 52.7 cm³/mol. The Bertz CT molecular complexity index is 270. The van der Waals surface area contributed by atoms with Crippen LogP contribution >= 0.6 is 0 Å². The Balaban J connectivity index is 0. The molecule has 0 atom stereocenters. The first-order valence-corrected chi connectivity index (χ1v) is 4.41. The van der Waals surface area contributed by atoms with E-state index in [0.717, 1.165) is 0 Å². The van der Waals surface area contributed by atoms with Crippen LogP contribution in [0.15, 0.2) is 18.4 Å². The molecule has 0 unspecified atom stereocenters. The Hall–Kier alpha value is -0.990. The van der Waals surface area contributed by atoms with Crippen LogP contribution in [0.3, 0.4) is 0 Å². The normalized spacial score (nSPS) is 7.00. The molecule has 0 spiro atoms. The highest BCUT2D eigenvalue weighted by Crippen LogP contribution is 1.87. The van der Waals surface area contributed by atoms with Gasteiger partial charge in [0.1, 0.15) is 0 Å². The molecular weight excluding hydrogens is 174 g/mol. The summed E-state index contributed by atoms with van der Waals surface area (Å²) in [4.78, 5) is 2.04. The Labute approximate surface area is 75.5 Å². The molecule has 3 nitrogen and oxygen atoms in total. The topological polar surface area (TPSA) is 37.4 Å². The minimum atomic E-state index is -2.18. The van der Waals surface area contributed by atoms with Crippen LogP contribution in [0.25, 0.3) is 0 Å². The van der Waals surface area contributed by atoms with Crippen molar-refractivity contribution in [2.24, 2.45) is 0 Å². The molecule has 0 aromatic rings. The molecule has 0 aromatic heterocycles. The second kappa shape index (κ2) is 8.11. The SMILES string of the molecule is C=C=S(=O)=O.CC(C)=CN(C)C. The van der Waals surface area contributed by atoms with Gasteiger partial charge < -0.3 is 4.90 Å². The van der Waals surface area contributed by atoms with Gasteiger partial charge in [-0.15, -0.1) is 0 Å². The van der Waals surface area contributed by atoms with Crippen LogP contribution in [-0.4, -0.2) is 32.4 Å². The fourth-order valence-electron chi connectivity index (χ4n) is 0.516.